The number of rotatable bonds is 6. The van der Waals surface area contributed by atoms with Crippen LogP contribution in [0.25, 0.3) is 0 Å². The van der Waals surface area contributed by atoms with E-state index in [9.17, 15) is 0 Å². The molecule has 3 rings (SSSR count). The van der Waals surface area contributed by atoms with Gasteiger partial charge in [0.15, 0.2) is 0 Å². The van der Waals surface area contributed by atoms with Gasteiger partial charge in [0.1, 0.15) is 5.75 Å². The van der Waals surface area contributed by atoms with E-state index in [1.165, 1.54) is 5.56 Å². The molecule has 0 spiro atoms. The zero-order valence-corrected chi connectivity index (χ0v) is 15.4. The maximum absolute atomic E-state index is 6.22. The lowest BCUT2D eigenvalue weighted by atomic mass is 9.86. The van der Waals surface area contributed by atoms with Crippen LogP contribution in [0.5, 0.6) is 5.75 Å². The summed E-state index contributed by atoms with van der Waals surface area (Å²) in [6, 6.07) is 18.3. The minimum Gasteiger partial charge on any atom is -0.465 e. The molecule has 134 valence electrons. The van der Waals surface area contributed by atoms with Gasteiger partial charge < -0.3 is 14.2 Å². The van der Waals surface area contributed by atoms with Crippen LogP contribution in [0.3, 0.4) is 0 Å². The molecule has 3 nitrogen and oxygen atoms in total. The number of para-hydroxylation sites is 1. The minimum atomic E-state index is -0.211. The molecule has 4 atom stereocenters. The molecule has 1 aliphatic rings. The first-order chi connectivity index (χ1) is 12.1. The molecule has 0 aromatic heterocycles. The number of hydrogen-bond acceptors (Lipinski definition) is 3. The van der Waals surface area contributed by atoms with E-state index < -0.39 is 0 Å². The highest BCUT2D eigenvalue weighted by Gasteiger charge is 2.35. The van der Waals surface area contributed by atoms with Crippen molar-refractivity contribution in [2.24, 2.45) is 11.8 Å². The second kappa shape index (κ2) is 8.50. The molecule has 1 saturated heterocycles. The molecule has 0 radical (unpaired) electrons. The molecule has 2 aromatic rings. The third-order valence-electron chi connectivity index (χ3n) is 5.12. The van der Waals surface area contributed by atoms with Gasteiger partial charge in [-0.1, -0.05) is 62.4 Å². The number of benzene rings is 2. The van der Waals surface area contributed by atoms with Gasteiger partial charge in [-0.05, 0) is 36.0 Å². The lowest BCUT2D eigenvalue weighted by molar-refractivity contribution is -0.198. The molecular formula is C22H28O3. The minimum absolute atomic E-state index is 0.0569. The van der Waals surface area contributed by atoms with Gasteiger partial charge in [0.25, 0.3) is 0 Å². The van der Waals surface area contributed by atoms with Crippen LogP contribution in [-0.2, 0) is 16.1 Å². The zero-order valence-electron chi connectivity index (χ0n) is 15.4. The summed E-state index contributed by atoms with van der Waals surface area (Å²) < 4.78 is 18.3. The van der Waals surface area contributed by atoms with Crippen LogP contribution in [0.4, 0.5) is 0 Å². The summed E-state index contributed by atoms with van der Waals surface area (Å²) in [4.78, 5) is 0. The highest BCUT2D eigenvalue weighted by atomic mass is 16.7. The predicted molar refractivity (Wildman–Crippen MR) is 99.5 cm³/mol. The Balaban J connectivity index is 1.56. The average Bonchev–Trinajstić information content (AvgIpc) is 2.62. The Morgan fingerprint density at radius 1 is 1.00 bits per heavy atom. The van der Waals surface area contributed by atoms with Crippen molar-refractivity contribution in [3.63, 3.8) is 0 Å². The van der Waals surface area contributed by atoms with E-state index in [0.717, 1.165) is 17.7 Å². The Morgan fingerprint density at radius 3 is 2.48 bits per heavy atom. The van der Waals surface area contributed by atoms with Crippen LogP contribution >= 0.6 is 0 Å². The van der Waals surface area contributed by atoms with Crippen molar-refractivity contribution >= 4 is 0 Å². The van der Waals surface area contributed by atoms with E-state index in [4.69, 9.17) is 14.2 Å². The second-order valence-electron chi connectivity index (χ2n) is 7.06. The summed E-state index contributed by atoms with van der Waals surface area (Å²) in [5.41, 5.74) is 2.32. The summed E-state index contributed by atoms with van der Waals surface area (Å²) in [6.07, 6.45) is 0.754. The summed E-state index contributed by atoms with van der Waals surface area (Å²) in [5, 5.41) is 0. The molecule has 1 heterocycles. The Bertz CT molecular complexity index is 655. The number of aryl methyl sites for hydroxylation is 1. The van der Waals surface area contributed by atoms with Gasteiger partial charge >= 0.3 is 0 Å². The summed E-state index contributed by atoms with van der Waals surface area (Å²) in [7, 11) is 0. The van der Waals surface area contributed by atoms with Gasteiger partial charge in [-0.25, -0.2) is 0 Å². The largest absolute Gasteiger partial charge is 0.465 e. The Kier molecular flexibility index (Phi) is 6.11. The molecule has 0 saturated carbocycles. The number of hydrogen-bond donors (Lipinski definition) is 0. The van der Waals surface area contributed by atoms with Crippen molar-refractivity contribution in [1.29, 1.82) is 0 Å². The standard InChI is InChI=1S/C22H28O3/c1-16-9-7-8-12-20(16)24-22-13-17(2)18(3)21(25-22)15-23-14-19-10-5-4-6-11-19/h4-12,17-18,21-22H,13-15H2,1-3H3/t17-,18+,21?,22-/m1/s1. The lowest BCUT2D eigenvalue weighted by Crippen LogP contribution is -2.43. The molecule has 0 amide bonds. The van der Waals surface area contributed by atoms with E-state index in [2.05, 4.69) is 39.0 Å². The van der Waals surface area contributed by atoms with E-state index in [1.54, 1.807) is 0 Å². The maximum atomic E-state index is 6.22. The van der Waals surface area contributed by atoms with Crippen LogP contribution in [-0.4, -0.2) is 19.0 Å². The number of ether oxygens (including phenoxy) is 3. The summed E-state index contributed by atoms with van der Waals surface area (Å²) in [5.74, 6) is 1.89. The molecule has 0 bridgehead atoms. The van der Waals surface area contributed by atoms with Crippen LogP contribution in [0.1, 0.15) is 31.4 Å². The molecule has 25 heavy (non-hydrogen) atoms. The molecule has 3 heteroatoms. The van der Waals surface area contributed by atoms with Crippen LogP contribution < -0.4 is 4.74 Å². The smallest absolute Gasteiger partial charge is 0.200 e. The molecular weight excluding hydrogens is 312 g/mol. The third-order valence-corrected chi connectivity index (χ3v) is 5.12. The third kappa shape index (κ3) is 4.83. The maximum Gasteiger partial charge on any atom is 0.200 e. The van der Waals surface area contributed by atoms with Gasteiger partial charge in [0.2, 0.25) is 6.29 Å². The zero-order chi connectivity index (χ0) is 17.6. The van der Waals surface area contributed by atoms with E-state index in [-0.39, 0.29) is 12.4 Å². The normalized spacial score (nSPS) is 26.4. The van der Waals surface area contributed by atoms with E-state index in [0.29, 0.717) is 25.0 Å². The predicted octanol–water partition coefficient (Wildman–Crippen LogP) is 4.98. The van der Waals surface area contributed by atoms with Crippen molar-refractivity contribution in [2.75, 3.05) is 6.61 Å². The highest BCUT2D eigenvalue weighted by Crippen LogP contribution is 2.32. The molecule has 1 unspecified atom stereocenters. The Morgan fingerprint density at radius 2 is 1.72 bits per heavy atom. The van der Waals surface area contributed by atoms with Crippen LogP contribution in [0.15, 0.2) is 54.6 Å². The molecule has 0 aliphatic carbocycles. The quantitative estimate of drug-likeness (QED) is 0.742. The van der Waals surface area contributed by atoms with Gasteiger partial charge in [-0.2, -0.15) is 0 Å². The fraction of sp³-hybridized carbons (Fsp3) is 0.455. The van der Waals surface area contributed by atoms with Crippen LogP contribution in [0.2, 0.25) is 0 Å². The first-order valence-electron chi connectivity index (χ1n) is 9.13. The summed E-state index contributed by atoms with van der Waals surface area (Å²) >= 11 is 0. The monoisotopic (exact) mass is 340 g/mol. The van der Waals surface area contributed by atoms with Gasteiger partial charge in [-0.3, -0.25) is 0 Å². The fourth-order valence-electron chi connectivity index (χ4n) is 3.22. The SMILES string of the molecule is Cc1ccccc1O[C@H]1C[C@@H](C)[C@H](C)C(COCc2ccccc2)O1. The molecule has 1 aliphatic heterocycles. The Labute approximate surface area is 150 Å². The fourth-order valence-corrected chi connectivity index (χ4v) is 3.22. The van der Waals surface area contributed by atoms with Crippen molar-refractivity contribution in [2.45, 2.75) is 46.2 Å². The first kappa shape index (κ1) is 18.0. The lowest BCUT2D eigenvalue weighted by Gasteiger charge is -2.39. The van der Waals surface area contributed by atoms with Crippen LogP contribution in [0, 0.1) is 18.8 Å². The van der Waals surface area contributed by atoms with E-state index >= 15 is 0 Å². The van der Waals surface area contributed by atoms with E-state index in [1.807, 2.05) is 36.4 Å². The van der Waals surface area contributed by atoms with Gasteiger partial charge in [0, 0.05) is 6.42 Å². The molecule has 1 fully saturated rings. The van der Waals surface area contributed by atoms with Crippen molar-refractivity contribution < 1.29 is 14.2 Å². The highest BCUT2D eigenvalue weighted by molar-refractivity contribution is 5.31. The second-order valence-corrected chi connectivity index (χ2v) is 7.06. The molecule has 2 aromatic carbocycles. The van der Waals surface area contributed by atoms with Crippen molar-refractivity contribution in [1.82, 2.24) is 0 Å². The van der Waals surface area contributed by atoms with Gasteiger partial charge in [0.05, 0.1) is 19.3 Å². The average molecular weight is 340 g/mol. The first-order valence-corrected chi connectivity index (χ1v) is 9.13. The molecule has 0 N–H and O–H groups in total. The van der Waals surface area contributed by atoms with Crippen molar-refractivity contribution in [3.05, 3.63) is 65.7 Å². The van der Waals surface area contributed by atoms with Gasteiger partial charge in [-0.15, -0.1) is 0 Å². The van der Waals surface area contributed by atoms with Crippen molar-refractivity contribution in [3.8, 4) is 5.75 Å². The summed E-state index contributed by atoms with van der Waals surface area (Å²) in [6.45, 7) is 7.78. The Hall–Kier alpha value is -1.84. The topological polar surface area (TPSA) is 27.7 Å².